The molecule has 2 heterocycles. The van der Waals surface area contributed by atoms with Crippen LogP contribution in [0.1, 0.15) is 25.5 Å². The second-order valence-electron chi connectivity index (χ2n) is 3.76. The summed E-state index contributed by atoms with van der Waals surface area (Å²) in [4.78, 5) is 15.6. The van der Waals surface area contributed by atoms with Gasteiger partial charge in [0.15, 0.2) is 5.16 Å². The Morgan fingerprint density at radius 1 is 1.61 bits per heavy atom. The van der Waals surface area contributed by atoms with Crippen molar-refractivity contribution in [2.75, 3.05) is 0 Å². The van der Waals surface area contributed by atoms with Gasteiger partial charge in [0.2, 0.25) is 0 Å². The van der Waals surface area contributed by atoms with Crippen LogP contribution in [0, 0.1) is 0 Å². The number of hydrogen-bond donors (Lipinski definition) is 2. The Labute approximate surface area is 108 Å². The SMILES string of the molecule is CCn1c(Sc2cc(C(C)O)ccn2)n[nH]c1=O. The highest BCUT2D eigenvalue weighted by atomic mass is 32.2. The molecule has 2 aromatic heterocycles. The lowest BCUT2D eigenvalue weighted by Gasteiger charge is -2.06. The van der Waals surface area contributed by atoms with Crippen LogP contribution in [-0.4, -0.2) is 24.9 Å². The Hall–Kier alpha value is -1.60. The average Bonchev–Trinajstić information content (AvgIpc) is 2.70. The molecule has 18 heavy (non-hydrogen) atoms. The summed E-state index contributed by atoms with van der Waals surface area (Å²) in [5, 5.41) is 17.1. The fourth-order valence-electron chi connectivity index (χ4n) is 1.49. The van der Waals surface area contributed by atoms with E-state index in [2.05, 4.69) is 15.2 Å². The topological polar surface area (TPSA) is 83.8 Å². The molecule has 0 aliphatic carbocycles. The number of aromatic nitrogens is 4. The average molecular weight is 266 g/mol. The maximum Gasteiger partial charge on any atom is 0.343 e. The third kappa shape index (κ3) is 2.62. The first-order valence-corrected chi connectivity index (χ1v) is 6.40. The van der Waals surface area contributed by atoms with Gasteiger partial charge in [0.05, 0.1) is 6.10 Å². The van der Waals surface area contributed by atoms with Gasteiger partial charge in [-0.3, -0.25) is 4.57 Å². The summed E-state index contributed by atoms with van der Waals surface area (Å²) in [6, 6.07) is 3.54. The Kier molecular flexibility index (Phi) is 3.83. The molecule has 0 spiro atoms. The molecule has 0 aliphatic heterocycles. The van der Waals surface area contributed by atoms with Crippen molar-refractivity contribution in [2.45, 2.75) is 36.7 Å². The zero-order chi connectivity index (χ0) is 13.1. The molecule has 2 rings (SSSR count). The van der Waals surface area contributed by atoms with Crippen LogP contribution < -0.4 is 5.69 Å². The molecular weight excluding hydrogens is 252 g/mol. The maximum atomic E-state index is 11.4. The fourth-order valence-corrected chi connectivity index (χ4v) is 2.40. The minimum Gasteiger partial charge on any atom is -0.389 e. The second kappa shape index (κ2) is 5.36. The minimum atomic E-state index is -0.542. The number of aliphatic hydroxyl groups excluding tert-OH is 1. The first-order chi connectivity index (χ1) is 8.61. The van der Waals surface area contributed by atoms with E-state index in [1.165, 1.54) is 16.3 Å². The number of rotatable bonds is 4. The number of aromatic amines is 1. The van der Waals surface area contributed by atoms with E-state index in [1.54, 1.807) is 25.3 Å². The molecule has 7 heteroatoms. The van der Waals surface area contributed by atoms with Crippen molar-refractivity contribution >= 4 is 11.8 Å². The Balaban J connectivity index is 2.28. The van der Waals surface area contributed by atoms with E-state index in [0.29, 0.717) is 16.7 Å². The Bertz CT molecular complexity index is 591. The molecule has 96 valence electrons. The first-order valence-electron chi connectivity index (χ1n) is 5.59. The Morgan fingerprint density at radius 3 is 3.06 bits per heavy atom. The summed E-state index contributed by atoms with van der Waals surface area (Å²) in [7, 11) is 0. The van der Waals surface area contributed by atoms with Crippen LogP contribution >= 0.6 is 11.8 Å². The normalized spacial score (nSPS) is 12.6. The van der Waals surface area contributed by atoms with Crippen LogP contribution in [0.3, 0.4) is 0 Å². The zero-order valence-corrected chi connectivity index (χ0v) is 10.9. The number of nitrogens with one attached hydrogen (secondary N) is 1. The lowest BCUT2D eigenvalue weighted by atomic mass is 10.2. The van der Waals surface area contributed by atoms with E-state index < -0.39 is 6.10 Å². The minimum absolute atomic E-state index is 0.230. The highest BCUT2D eigenvalue weighted by Crippen LogP contribution is 2.25. The summed E-state index contributed by atoms with van der Waals surface area (Å²) in [6.45, 7) is 4.12. The molecule has 0 bridgehead atoms. The fraction of sp³-hybridized carbons (Fsp3) is 0.364. The predicted octanol–water partition coefficient (Wildman–Crippen LogP) is 1.19. The highest BCUT2D eigenvalue weighted by molar-refractivity contribution is 7.99. The van der Waals surface area contributed by atoms with Crippen LogP contribution in [0.15, 0.2) is 33.3 Å². The molecular formula is C11H14N4O2S. The quantitative estimate of drug-likeness (QED) is 0.868. The monoisotopic (exact) mass is 266 g/mol. The number of nitrogens with zero attached hydrogens (tertiary/aromatic N) is 3. The van der Waals surface area contributed by atoms with Gasteiger partial charge in [-0.1, -0.05) is 0 Å². The van der Waals surface area contributed by atoms with Gasteiger partial charge in [-0.2, -0.15) is 0 Å². The number of aliphatic hydroxyl groups is 1. The summed E-state index contributed by atoms with van der Waals surface area (Å²) < 4.78 is 1.53. The van der Waals surface area contributed by atoms with E-state index in [1.807, 2.05) is 6.92 Å². The highest BCUT2D eigenvalue weighted by Gasteiger charge is 2.10. The maximum absolute atomic E-state index is 11.4. The van der Waals surface area contributed by atoms with Crippen molar-refractivity contribution in [1.29, 1.82) is 0 Å². The smallest absolute Gasteiger partial charge is 0.343 e. The van der Waals surface area contributed by atoms with Gasteiger partial charge in [0, 0.05) is 12.7 Å². The zero-order valence-electron chi connectivity index (χ0n) is 10.1. The van der Waals surface area contributed by atoms with Crippen LogP contribution in [0.4, 0.5) is 0 Å². The number of hydrogen-bond acceptors (Lipinski definition) is 5. The van der Waals surface area contributed by atoms with Crippen LogP contribution in [0.5, 0.6) is 0 Å². The van der Waals surface area contributed by atoms with Crippen LogP contribution in [0.25, 0.3) is 0 Å². The van der Waals surface area contributed by atoms with Crippen molar-refractivity contribution in [3.63, 3.8) is 0 Å². The molecule has 0 fully saturated rings. The lowest BCUT2D eigenvalue weighted by molar-refractivity contribution is 0.199. The molecule has 2 N–H and O–H groups in total. The largest absolute Gasteiger partial charge is 0.389 e. The predicted molar refractivity (Wildman–Crippen MR) is 67.5 cm³/mol. The molecule has 2 aromatic rings. The number of pyridine rings is 1. The molecule has 0 saturated heterocycles. The summed E-state index contributed by atoms with van der Waals surface area (Å²) >= 11 is 1.29. The summed E-state index contributed by atoms with van der Waals surface area (Å²) in [5.74, 6) is 0. The molecule has 0 saturated carbocycles. The van der Waals surface area contributed by atoms with Gasteiger partial charge >= 0.3 is 5.69 Å². The van der Waals surface area contributed by atoms with Crippen molar-refractivity contribution in [1.82, 2.24) is 19.7 Å². The molecule has 0 aliphatic rings. The molecule has 0 radical (unpaired) electrons. The van der Waals surface area contributed by atoms with Crippen molar-refractivity contribution < 1.29 is 5.11 Å². The third-order valence-electron chi connectivity index (χ3n) is 2.48. The molecule has 1 atom stereocenters. The number of H-pyrrole nitrogens is 1. The first kappa shape index (κ1) is 12.8. The van der Waals surface area contributed by atoms with Crippen molar-refractivity contribution in [2.24, 2.45) is 0 Å². The molecule has 0 aromatic carbocycles. The van der Waals surface area contributed by atoms with Gasteiger partial charge in [0.1, 0.15) is 5.03 Å². The van der Waals surface area contributed by atoms with Crippen LogP contribution in [-0.2, 0) is 6.54 Å². The molecule has 0 amide bonds. The van der Waals surface area contributed by atoms with E-state index >= 15 is 0 Å². The standard InChI is InChI=1S/C11H14N4O2S/c1-3-15-10(17)13-14-11(15)18-9-6-8(7(2)16)4-5-12-9/h4-7,16H,3H2,1-2H3,(H,13,17). The van der Waals surface area contributed by atoms with Crippen LogP contribution in [0.2, 0.25) is 0 Å². The molecule has 1 unspecified atom stereocenters. The van der Waals surface area contributed by atoms with Gasteiger partial charge in [0.25, 0.3) is 0 Å². The van der Waals surface area contributed by atoms with Crippen molar-refractivity contribution in [3.05, 3.63) is 34.4 Å². The van der Waals surface area contributed by atoms with Gasteiger partial charge < -0.3 is 5.11 Å². The Morgan fingerprint density at radius 2 is 2.39 bits per heavy atom. The van der Waals surface area contributed by atoms with E-state index in [0.717, 1.165) is 5.56 Å². The van der Waals surface area contributed by atoms with E-state index in [-0.39, 0.29) is 5.69 Å². The third-order valence-corrected chi connectivity index (χ3v) is 3.40. The van der Waals surface area contributed by atoms with Gasteiger partial charge in [-0.25, -0.2) is 14.9 Å². The lowest BCUT2D eigenvalue weighted by Crippen LogP contribution is -2.16. The van der Waals surface area contributed by atoms with E-state index in [4.69, 9.17) is 0 Å². The summed E-state index contributed by atoms with van der Waals surface area (Å²) in [5.41, 5.74) is 0.556. The second-order valence-corrected chi connectivity index (χ2v) is 4.75. The molecule has 6 nitrogen and oxygen atoms in total. The summed E-state index contributed by atoms with van der Waals surface area (Å²) in [6.07, 6.45) is 1.09. The van der Waals surface area contributed by atoms with E-state index in [9.17, 15) is 9.90 Å². The van der Waals surface area contributed by atoms with Gasteiger partial charge in [-0.15, -0.1) is 5.10 Å². The van der Waals surface area contributed by atoms with Crippen molar-refractivity contribution in [3.8, 4) is 0 Å². The van der Waals surface area contributed by atoms with Gasteiger partial charge in [-0.05, 0) is 43.3 Å².